The Morgan fingerprint density at radius 1 is 0.971 bits per heavy atom. The Balaban J connectivity index is 1.25. The summed E-state index contributed by atoms with van der Waals surface area (Å²) in [7, 11) is 2.16. The first kappa shape index (κ1) is 22.1. The normalized spacial score (nSPS) is 14.9. The summed E-state index contributed by atoms with van der Waals surface area (Å²) in [6.45, 7) is 7.26. The summed E-state index contributed by atoms with van der Waals surface area (Å²) in [6, 6.07) is 19.3. The number of hydrogen-bond acceptors (Lipinski definition) is 7. The summed E-state index contributed by atoms with van der Waals surface area (Å²) in [5.41, 5.74) is 6.62. The van der Waals surface area contributed by atoms with Gasteiger partial charge in [0.2, 0.25) is 0 Å². The molecule has 5 rings (SSSR count). The number of fused-ring (bicyclic) bond motifs is 1. The van der Waals surface area contributed by atoms with Crippen LogP contribution in [0.3, 0.4) is 0 Å². The van der Waals surface area contributed by atoms with Crippen LogP contribution in [0.5, 0.6) is 0 Å². The molecule has 0 spiro atoms. The van der Waals surface area contributed by atoms with E-state index in [9.17, 15) is 4.79 Å². The Kier molecular flexibility index (Phi) is 6.24. The Hall–Kier alpha value is -3.75. The van der Waals surface area contributed by atoms with Crippen molar-refractivity contribution in [2.45, 2.75) is 13.5 Å². The van der Waals surface area contributed by atoms with Crippen molar-refractivity contribution in [2.24, 2.45) is 0 Å². The van der Waals surface area contributed by atoms with Crippen LogP contribution >= 0.6 is 0 Å². The van der Waals surface area contributed by atoms with Gasteiger partial charge in [-0.3, -0.25) is 9.69 Å². The summed E-state index contributed by atoms with van der Waals surface area (Å²) in [4.78, 5) is 17.7. The Labute approximate surface area is 198 Å². The molecule has 0 atom stereocenters. The number of likely N-dealkylation sites (N-methyl/N-ethyl adjacent to an activating group) is 1. The van der Waals surface area contributed by atoms with Crippen molar-refractivity contribution in [2.75, 3.05) is 43.9 Å². The van der Waals surface area contributed by atoms with Crippen molar-refractivity contribution in [3.63, 3.8) is 0 Å². The van der Waals surface area contributed by atoms with Gasteiger partial charge in [-0.05, 0) is 71.8 Å². The first-order valence-electron chi connectivity index (χ1n) is 11.5. The summed E-state index contributed by atoms with van der Waals surface area (Å²) in [6.07, 6.45) is 0. The summed E-state index contributed by atoms with van der Waals surface area (Å²) in [5.74, 6) is -0.135. The average molecular weight is 457 g/mol. The van der Waals surface area contributed by atoms with Crippen LogP contribution in [-0.2, 0) is 6.54 Å². The van der Waals surface area contributed by atoms with Crippen LogP contribution in [0.25, 0.3) is 11.0 Å². The van der Waals surface area contributed by atoms with Crippen LogP contribution in [0.1, 0.15) is 21.5 Å². The third-order valence-electron chi connectivity index (χ3n) is 6.27. The number of nitrogens with zero attached hydrogens (tertiary/aromatic N) is 4. The highest BCUT2D eigenvalue weighted by molar-refractivity contribution is 6.04. The largest absolute Gasteiger partial charge is 0.353 e. The van der Waals surface area contributed by atoms with Gasteiger partial charge in [-0.1, -0.05) is 24.3 Å². The fourth-order valence-electron chi connectivity index (χ4n) is 4.12. The second-order valence-electron chi connectivity index (χ2n) is 8.82. The average Bonchev–Trinajstić information content (AvgIpc) is 3.33. The molecule has 34 heavy (non-hydrogen) atoms. The lowest BCUT2D eigenvalue weighted by atomic mass is 10.1. The van der Waals surface area contributed by atoms with Crippen molar-refractivity contribution in [1.82, 2.24) is 20.1 Å². The lowest BCUT2D eigenvalue weighted by molar-refractivity contribution is 0.102. The van der Waals surface area contributed by atoms with E-state index in [2.05, 4.69) is 37.8 Å². The Morgan fingerprint density at radius 2 is 1.76 bits per heavy atom. The Bertz CT molecular complexity index is 1290. The zero-order valence-corrected chi connectivity index (χ0v) is 19.4. The molecule has 174 valence electrons. The van der Waals surface area contributed by atoms with E-state index >= 15 is 0 Å². The minimum Gasteiger partial charge on any atom is -0.353 e. The van der Waals surface area contributed by atoms with Gasteiger partial charge < -0.3 is 15.5 Å². The topological polar surface area (TPSA) is 86.5 Å². The maximum absolute atomic E-state index is 12.9. The monoisotopic (exact) mass is 456 g/mol. The third kappa shape index (κ3) is 4.93. The van der Waals surface area contributed by atoms with Crippen molar-refractivity contribution in [3.05, 3.63) is 77.4 Å². The molecule has 0 bridgehead atoms. The van der Waals surface area contributed by atoms with Crippen molar-refractivity contribution in [3.8, 4) is 0 Å². The maximum Gasteiger partial charge on any atom is 0.255 e. The molecule has 8 heteroatoms. The predicted octanol–water partition coefficient (Wildman–Crippen LogP) is 4.27. The molecule has 8 nitrogen and oxygen atoms in total. The number of carbonyl (C=O) groups is 1. The minimum atomic E-state index is -0.135. The van der Waals surface area contributed by atoms with E-state index in [-0.39, 0.29) is 5.91 Å². The molecule has 0 saturated carbocycles. The van der Waals surface area contributed by atoms with Crippen molar-refractivity contribution < 1.29 is 9.42 Å². The quantitative estimate of drug-likeness (QED) is 0.448. The number of piperazine rings is 1. The van der Waals surface area contributed by atoms with E-state index in [0.29, 0.717) is 22.3 Å². The van der Waals surface area contributed by atoms with E-state index in [0.717, 1.165) is 49.7 Å². The van der Waals surface area contributed by atoms with Gasteiger partial charge in [-0.15, -0.1) is 0 Å². The van der Waals surface area contributed by atoms with Crippen LogP contribution in [0.2, 0.25) is 0 Å². The van der Waals surface area contributed by atoms with E-state index in [1.807, 2.05) is 67.6 Å². The first-order chi connectivity index (χ1) is 16.5. The number of aromatic nitrogens is 2. The van der Waals surface area contributed by atoms with Crippen LogP contribution in [0.4, 0.5) is 17.1 Å². The smallest absolute Gasteiger partial charge is 0.255 e. The second kappa shape index (κ2) is 9.62. The molecular formula is C26H28N6O2. The van der Waals surface area contributed by atoms with E-state index in [1.54, 1.807) is 0 Å². The summed E-state index contributed by atoms with van der Waals surface area (Å²) < 4.78 is 4.85. The predicted molar refractivity (Wildman–Crippen MR) is 133 cm³/mol. The molecule has 1 fully saturated rings. The molecule has 1 amide bonds. The van der Waals surface area contributed by atoms with Gasteiger partial charge in [0.1, 0.15) is 5.52 Å². The van der Waals surface area contributed by atoms with E-state index < -0.39 is 0 Å². The molecule has 1 aliphatic rings. The zero-order valence-electron chi connectivity index (χ0n) is 19.4. The minimum absolute atomic E-state index is 0.135. The summed E-state index contributed by atoms with van der Waals surface area (Å²) in [5, 5.41) is 14.3. The lowest BCUT2D eigenvalue weighted by Crippen LogP contribution is -2.43. The molecule has 1 aliphatic heterocycles. The number of aryl methyl sites for hydroxylation is 1. The van der Waals surface area contributed by atoms with E-state index in [4.69, 9.17) is 4.63 Å². The molecule has 0 radical (unpaired) electrons. The van der Waals surface area contributed by atoms with Gasteiger partial charge in [0.15, 0.2) is 5.52 Å². The number of benzene rings is 3. The van der Waals surface area contributed by atoms with E-state index in [1.165, 1.54) is 5.56 Å². The number of hydrogen-bond donors (Lipinski definition) is 2. The number of rotatable bonds is 6. The molecule has 0 unspecified atom stereocenters. The second-order valence-corrected chi connectivity index (χ2v) is 8.82. The SMILES string of the molecule is Cc1ccc(NC(=O)c2ccc(CN3CCN(C)CC3)cc2)cc1Nc1cccc2nonc12. The van der Waals surface area contributed by atoms with Crippen LogP contribution in [0.15, 0.2) is 65.3 Å². The molecule has 1 saturated heterocycles. The highest BCUT2D eigenvalue weighted by atomic mass is 16.6. The Morgan fingerprint density at radius 3 is 2.56 bits per heavy atom. The molecule has 2 N–H and O–H groups in total. The number of anilines is 3. The van der Waals surface area contributed by atoms with Crippen LogP contribution in [0, 0.1) is 6.92 Å². The number of amides is 1. The van der Waals surface area contributed by atoms with Crippen LogP contribution in [-0.4, -0.2) is 59.2 Å². The molecule has 2 heterocycles. The highest BCUT2D eigenvalue weighted by Crippen LogP contribution is 2.28. The van der Waals surface area contributed by atoms with Crippen molar-refractivity contribution in [1.29, 1.82) is 0 Å². The number of nitrogens with one attached hydrogen (secondary N) is 2. The highest BCUT2D eigenvalue weighted by Gasteiger charge is 2.15. The number of carbonyl (C=O) groups excluding carboxylic acids is 1. The fourth-order valence-corrected chi connectivity index (χ4v) is 4.12. The van der Waals surface area contributed by atoms with Crippen molar-refractivity contribution >= 4 is 34.0 Å². The van der Waals surface area contributed by atoms with Gasteiger partial charge in [-0.25, -0.2) is 4.63 Å². The summed E-state index contributed by atoms with van der Waals surface area (Å²) >= 11 is 0. The molecule has 0 aliphatic carbocycles. The zero-order chi connectivity index (χ0) is 23.5. The molecular weight excluding hydrogens is 428 g/mol. The fraction of sp³-hybridized carbons (Fsp3) is 0.269. The lowest BCUT2D eigenvalue weighted by Gasteiger charge is -2.32. The van der Waals surface area contributed by atoms with Gasteiger partial charge >= 0.3 is 0 Å². The molecule has 1 aromatic heterocycles. The maximum atomic E-state index is 12.9. The molecule has 4 aromatic rings. The van der Waals surface area contributed by atoms with Crippen LogP contribution < -0.4 is 10.6 Å². The third-order valence-corrected chi connectivity index (χ3v) is 6.27. The van der Waals surface area contributed by atoms with Gasteiger partial charge in [0.25, 0.3) is 5.91 Å². The van der Waals surface area contributed by atoms with Gasteiger partial charge in [0.05, 0.1) is 5.69 Å². The standard InChI is InChI=1S/C26H28N6O2/c1-18-6-11-21(16-24(18)28-22-4-3-5-23-25(22)30-34-29-23)27-26(33)20-9-7-19(8-10-20)17-32-14-12-31(2)13-15-32/h3-11,16,28H,12-15,17H2,1-2H3,(H,27,33). The van der Waals surface area contributed by atoms with Gasteiger partial charge in [-0.2, -0.15) is 0 Å². The first-order valence-corrected chi connectivity index (χ1v) is 11.5. The van der Waals surface area contributed by atoms with Gasteiger partial charge in [0, 0.05) is 49.7 Å². The molecule has 3 aromatic carbocycles.